The lowest BCUT2D eigenvalue weighted by molar-refractivity contribution is -0.136. The van der Waals surface area contributed by atoms with Gasteiger partial charge in [0.2, 0.25) is 0 Å². The molecule has 0 aliphatic carbocycles. The summed E-state index contributed by atoms with van der Waals surface area (Å²) < 4.78 is 5.72. The van der Waals surface area contributed by atoms with Crippen molar-refractivity contribution < 1.29 is 19.4 Å². The predicted octanol–water partition coefficient (Wildman–Crippen LogP) is 3.60. The van der Waals surface area contributed by atoms with Gasteiger partial charge in [0.05, 0.1) is 17.3 Å². The third-order valence-corrected chi connectivity index (χ3v) is 4.47. The van der Waals surface area contributed by atoms with Crippen molar-refractivity contribution in [3.8, 4) is 11.5 Å². The highest BCUT2D eigenvalue weighted by molar-refractivity contribution is 9.10. The number of hydrogen-bond acceptors (Lipinski definition) is 5. The Morgan fingerprint density at radius 1 is 1.33 bits per heavy atom. The average molecular weight is 455 g/mol. The molecule has 2 rings (SSSR count). The zero-order valence-corrected chi connectivity index (χ0v) is 16.9. The molecule has 0 saturated heterocycles. The molecule has 0 aliphatic heterocycles. The summed E-state index contributed by atoms with van der Waals surface area (Å²) in [5, 5.41) is 16.6. The van der Waals surface area contributed by atoms with Crippen LogP contribution in [0, 0.1) is 6.92 Å². The number of phenols is 1. The van der Waals surface area contributed by atoms with Crippen molar-refractivity contribution in [3.63, 3.8) is 0 Å². The number of nitrogens with one attached hydrogen (secondary N) is 2. The lowest BCUT2D eigenvalue weighted by atomic mass is 10.2. The van der Waals surface area contributed by atoms with Crippen LogP contribution in [0.4, 0.5) is 5.69 Å². The van der Waals surface area contributed by atoms with E-state index in [-0.39, 0.29) is 11.5 Å². The molecule has 7 nitrogen and oxygen atoms in total. The van der Waals surface area contributed by atoms with E-state index in [1.807, 2.05) is 0 Å². The van der Waals surface area contributed by atoms with E-state index < -0.39 is 11.8 Å². The van der Waals surface area contributed by atoms with Crippen LogP contribution in [-0.2, 0) is 9.59 Å². The Morgan fingerprint density at radius 3 is 2.78 bits per heavy atom. The molecule has 2 aromatic carbocycles. The molecule has 0 heterocycles. The van der Waals surface area contributed by atoms with Crippen molar-refractivity contribution >= 4 is 51.2 Å². The molecule has 2 aromatic rings. The molecule has 27 heavy (non-hydrogen) atoms. The van der Waals surface area contributed by atoms with Crippen LogP contribution in [0.5, 0.6) is 11.5 Å². The van der Waals surface area contributed by atoms with Crippen LogP contribution < -0.4 is 15.5 Å². The third kappa shape index (κ3) is 5.45. The molecule has 0 aromatic heterocycles. The number of benzene rings is 2. The maximum atomic E-state index is 12.0. The molecule has 2 amide bonds. The highest BCUT2D eigenvalue weighted by atomic mass is 79.9. The molecular formula is C18H17BrClN3O4. The number of halogens is 2. The molecule has 3 N–H and O–H groups in total. The van der Waals surface area contributed by atoms with Crippen LogP contribution in [0.2, 0.25) is 5.02 Å². The van der Waals surface area contributed by atoms with Gasteiger partial charge in [-0.2, -0.15) is 5.10 Å². The maximum absolute atomic E-state index is 12.0. The van der Waals surface area contributed by atoms with E-state index in [0.717, 1.165) is 0 Å². The zero-order chi connectivity index (χ0) is 20.0. The standard InChI is InChI=1S/C18H17BrClN3O4/c1-3-27-15-8-11(7-12(19)16(15)24)9-21-23-18(26)17(25)22-14-6-4-5-13(20)10(14)2/h4-9,24H,3H2,1-2H3,(H,22,25)(H,23,26)/b21-9+. The lowest BCUT2D eigenvalue weighted by Crippen LogP contribution is -2.32. The number of rotatable bonds is 5. The van der Waals surface area contributed by atoms with Crippen molar-refractivity contribution in [2.24, 2.45) is 5.10 Å². The number of ether oxygens (including phenoxy) is 1. The van der Waals surface area contributed by atoms with Crippen LogP contribution in [0.25, 0.3) is 0 Å². The zero-order valence-electron chi connectivity index (χ0n) is 14.5. The minimum absolute atomic E-state index is 0.0331. The van der Waals surface area contributed by atoms with Gasteiger partial charge < -0.3 is 15.2 Å². The predicted molar refractivity (Wildman–Crippen MR) is 108 cm³/mol. The number of hydrogen-bond donors (Lipinski definition) is 3. The molecule has 0 spiro atoms. The van der Waals surface area contributed by atoms with Gasteiger partial charge >= 0.3 is 11.8 Å². The quantitative estimate of drug-likeness (QED) is 0.365. The second kappa shape index (κ2) is 9.38. The Balaban J connectivity index is 2.02. The number of phenolic OH excluding ortho intramolecular Hbond substituents is 1. The van der Waals surface area contributed by atoms with Crippen molar-refractivity contribution in [2.75, 3.05) is 11.9 Å². The third-order valence-electron chi connectivity index (χ3n) is 3.45. The van der Waals surface area contributed by atoms with Gasteiger partial charge in [0, 0.05) is 10.7 Å². The van der Waals surface area contributed by atoms with E-state index in [4.69, 9.17) is 16.3 Å². The summed E-state index contributed by atoms with van der Waals surface area (Å²) in [7, 11) is 0. The number of anilines is 1. The Kier molecular flexibility index (Phi) is 7.20. The van der Waals surface area contributed by atoms with Gasteiger partial charge in [-0.1, -0.05) is 17.7 Å². The maximum Gasteiger partial charge on any atom is 0.329 e. The van der Waals surface area contributed by atoms with Gasteiger partial charge in [0.15, 0.2) is 11.5 Å². The van der Waals surface area contributed by atoms with E-state index in [1.54, 1.807) is 44.2 Å². The second-order valence-electron chi connectivity index (χ2n) is 5.35. The van der Waals surface area contributed by atoms with Gasteiger partial charge in [-0.25, -0.2) is 5.43 Å². The van der Waals surface area contributed by atoms with Gasteiger partial charge in [-0.3, -0.25) is 9.59 Å². The molecule has 0 radical (unpaired) electrons. The van der Waals surface area contributed by atoms with Crippen molar-refractivity contribution in [1.29, 1.82) is 0 Å². The number of nitrogens with zero attached hydrogens (tertiary/aromatic N) is 1. The minimum Gasteiger partial charge on any atom is -0.503 e. The van der Waals surface area contributed by atoms with Gasteiger partial charge in [-0.05, 0) is 65.2 Å². The van der Waals surface area contributed by atoms with Crippen molar-refractivity contribution in [2.45, 2.75) is 13.8 Å². The van der Waals surface area contributed by atoms with Crippen molar-refractivity contribution in [1.82, 2.24) is 5.43 Å². The molecule has 142 valence electrons. The normalized spacial score (nSPS) is 10.7. The Bertz CT molecular complexity index is 902. The molecular weight excluding hydrogens is 438 g/mol. The number of amides is 2. The smallest absolute Gasteiger partial charge is 0.329 e. The fourth-order valence-electron chi connectivity index (χ4n) is 2.07. The second-order valence-corrected chi connectivity index (χ2v) is 6.61. The SMILES string of the molecule is CCOc1cc(/C=N/NC(=O)C(=O)Nc2cccc(Cl)c2C)cc(Br)c1O. The molecule has 0 unspecified atom stereocenters. The van der Waals surface area contributed by atoms with Crippen LogP contribution >= 0.6 is 27.5 Å². The molecule has 0 aliphatic rings. The number of hydrazone groups is 1. The first-order valence-electron chi connectivity index (χ1n) is 7.88. The summed E-state index contributed by atoms with van der Waals surface area (Å²) in [6, 6.07) is 8.12. The first-order chi connectivity index (χ1) is 12.8. The summed E-state index contributed by atoms with van der Waals surface area (Å²) >= 11 is 9.19. The highest BCUT2D eigenvalue weighted by Gasteiger charge is 2.15. The summed E-state index contributed by atoms with van der Waals surface area (Å²) in [6.45, 7) is 3.89. The number of carbonyl (C=O) groups is 2. The molecule has 0 fully saturated rings. The van der Waals surface area contributed by atoms with Crippen LogP contribution in [0.1, 0.15) is 18.1 Å². The van der Waals surface area contributed by atoms with Crippen LogP contribution in [0.15, 0.2) is 39.9 Å². The van der Waals surface area contributed by atoms with Gasteiger partial charge in [0.1, 0.15) is 0 Å². The average Bonchev–Trinajstić information content (AvgIpc) is 2.63. The van der Waals surface area contributed by atoms with E-state index in [1.165, 1.54) is 6.21 Å². The molecule has 0 atom stereocenters. The number of aromatic hydroxyl groups is 1. The fourth-order valence-corrected chi connectivity index (χ4v) is 2.71. The highest BCUT2D eigenvalue weighted by Crippen LogP contribution is 2.35. The van der Waals surface area contributed by atoms with E-state index in [2.05, 4.69) is 31.8 Å². The minimum atomic E-state index is -0.937. The van der Waals surface area contributed by atoms with E-state index >= 15 is 0 Å². The van der Waals surface area contributed by atoms with E-state index in [9.17, 15) is 14.7 Å². The topological polar surface area (TPSA) is 100 Å². The van der Waals surface area contributed by atoms with Gasteiger partial charge in [-0.15, -0.1) is 0 Å². The summed E-state index contributed by atoms with van der Waals surface area (Å²) in [5.74, 6) is -1.57. The molecule has 9 heteroatoms. The van der Waals surface area contributed by atoms with Gasteiger partial charge in [0.25, 0.3) is 0 Å². The monoisotopic (exact) mass is 453 g/mol. The largest absolute Gasteiger partial charge is 0.503 e. The Hall–Kier alpha value is -2.58. The summed E-state index contributed by atoms with van der Waals surface area (Å²) in [5.41, 5.74) is 3.78. The summed E-state index contributed by atoms with van der Waals surface area (Å²) in [6.07, 6.45) is 1.32. The van der Waals surface area contributed by atoms with Crippen molar-refractivity contribution in [3.05, 3.63) is 51.0 Å². The lowest BCUT2D eigenvalue weighted by Gasteiger charge is -2.09. The van der Waals surface area contributed by atoms with E-state index in [0.29, 0.717) is 32.9 Å². The molecule has 0 bridgehead atoms. The van der Waals surface area contributed by atoms with Crippen LogP contribution in [-0.4, -0.2) is 29.7 Å². The fraction of sp³-hybridized carbons (Fsp3) is 0.167. The number of carbonyl (C=O) groups excluding carboxylic acids is 2. The summed E-state index contributed by atoms with van der Waals surface area (Å²) in [4.78, 5) is 23.8. The Labute approximate surface area is 169 Å². The first kappa shape index (κ1) is 20.7. The van der Waals surface area contributed by atoms with Crippen LogP contribution in [0.3, 0.4) is 0 Å². The first-order valence-corrected chi connectivity index (χ1v) is 9.05. The Morgan fingerprint density at radius 2 is 2.07 bits per heavy atom. The molecule has 0 saturated carbocycles.